The number of methoxy groups -OCH3 is 1. The second-order valence-corrected chi connectivity index (χ2v) is 11.8. The average molecular weight is 641 g/mol. The number of halogens is 5. The minimum absolute atomic E-state index is 0.181. The fourth-order valence-corrected chi connectivity index (χ4v) is 5.29. The largest absolute Gasteiger partial charge is 0.497 e. The molecular weight excluding hydrogens is 612 g/mol. The highest BCUT2D eigenvalue weighted by molar-refractivity contribution is 7.18. The van der Waals surface area contributed by atoms with E-state index in [0.717, 1.165) is 11.3 Å². The van der Waals surface area contributed by atoms with Gasteiger partial charge in [0.1, 0.15) is 23.7 Å². The maximum Gasteiger partial charge on any atom is 0.450 e. The van der Waals surface area contributed by atoms with E-state index in [1.165, 1.54) is 75.6 Å². The van der Waals surface area contributed by atoms with Crippen molar-refractivity contribution in [2.24, 2.45) is 11.8 Å². The lowest BCUT2D eigenvalue weighted by Gasteiger charge is -2.26. The predicted octanol–water partition coefficient (Wildman–Crippen LogP) is 6.11. The van der Waals surface area contributed by atoms with E-state index in [9.17, 15) is 36.7 Å². The number of rotatable bonds is 13. The number of thiophene rings is 1. The van der Waals surface area contributed by atoms with Crippen LogP contribution in [0.25, 0.3) is 0 Å². The fraction of sp³-hybridized carbons (Fsp3) is 0.333. The van der Waals surface area contributed by atoms with Crippen LogP contribution in [0, 0.1) is 17.7 Å². The molecule has 3 atom stereocenters. The Morgan fingerprint density at radius 2 is 1.65 bits per heavy atom. The lowest BCUT2D eigenvalue weighted by atomic mass is 9.84. The van der Waals surface area contributed by atoms with Gasteiger partial charge in [0.2, 0.25) is 11.7 Å². The van der Waals surface area contributed by atoms with Crippen molar-refractivity contribution < 1.29 is 41.5 Å². The minimum atomic E-state index is -5.15. The molecule has 0 radical (unpaired) electrons. The van der Waals surface area contributed by atoms with Crippen molar-refractivity contribution in [3.05, 3.63) is 86.8 Å². The Hall–Kier alpha value is -3.77. The molecule has 13 heteroatoms. The van der Waals surface area contributed by atoms with Gasteiger partial charge in [0.15, 0.2) is 5.78 Å². The molecule has 0 aliphatic rings. The molecule has 0 saturated carbocycles. The molecule has 0 spiro atoms. The quantitative estimate of drug-likeness (QED) is 0.220. The zero-order valence-corrected chi connectivity index (χ0v) is 24.9. The van der Waals surface area contributed by atoms with Crippen molar-refractivity contribution >= 4 is 46.3 Å². The standard InChI is InChI=1S/C30H29ClF4N2O5S/c1-16(2)21(27(39)30(33,34)35)15-23(38)26(18-7-9-20(42-3)10-8-18)37-28(40)22(14-17-5-4-6-19(32)13-17)36-29(41)24-11-12-25(31)43-24/h4-13,16,21-22,26H,14-15H2,1-3H3,(H,36,41)(H,37,40)/t21-,22-,26-/m0/s1. The zero-order chi connectivity index (χ0) is 31.9. The lowest BCUT2D eigenvalue weighted by molar-refractivity contribution is -0.177. The third-order valence-electron chi connectivity index (χ3n) is 6.65. The lowest BCUT2D eigenvalue weighted by Crippen LogP contribution is -2.50. The molecule has 230 valence electrons. The van der Waals surface area contributed by atoms with Crippen LogP contribution in [0.3, 0.4) is 0 Å². The SMILES string of the molecule is COc1ccc([C@H](NC(=O)[C@H](Cc2cccc(F)c2)NC(=O)c2ccc(Cl)s2)C(=O)C[C@H](C(=O)C(F)(F)F)C(C)C)cc1. The van der Waals surface area contributed by atoms with E-state index in [4.69, 9.17) is 16.3 Å². The van der Waals surface area contributed by atoms with Gasteiger partial charge in [0, 0.05) is 18.8 Å². The summed E-state index contributed by atoms with van der Waals surface area (Å²) in [6, 6.07) is 11.4. The summed E-state index contributed by atoms with van der Waals surface area (Å²) in [7, 11) is 1.41. The van der Waals surface area contributed by atoms with Crippen LogP contribution in [0.15, 0.2) is 60.7 Å². The predicted molar refractivity (Wildman–Crippen MR) is 154 cm³/mol. The number of amides is 2. The Bertz CT molecular complexity index is 1460. The van der Waals surface area contributed by atoms with E-state index >= 15 is 0 Å². The molecule has 7 nitrogen and oxygen atoms in total. The minimum Gasteiger partial charge on any atom is -0.497 e. The van der Waals surface area contributed by atoms with Crippen LogP contribution < -0.4 is 15.4 Å². The summed E-state index contributed by atoms with van der Waals surface area (Å²) in [5.74, 6) is -7.08. The molecule has 2 aromatic carbocycles. The number of Topliss-reactive ketones (excluding diaryl/α,β-unsaturated/α-hetero) is 2. The van der Waals surface area contributed by atoms with Gasteiger partial charge in [-0.1, -0.05) is 49.7 Å². The van der Waals surface area contributed by atoms with E-state index in [0.29, 0.717) is 15.6 Å². The smallest absolute Gasteiger partial charge is 0.450 e. The summed E-state index contributed by atoms with van der Waals surface area (Å²) in [5, 5.41) is 5.11. The van der Waals surface area contributed by atoms with Gasteiger partial charge in [-0.25, -0.2) is 4.39 Å². The number of carbonyl (C=O) groups excluding carboxylic acids is 4. The zero-order valence-electron chi connectivity index (χ0n) is 23.3. The number of hydrogen-bond acceptors (Lipinski definition) is 6. The van der Waals surface area contributed by atoms with Crippen molar-refractivity contribution in [2.75, 3.05) is 7.11 Å². The first-order valence-corrected chi connectivity index (χ1v) is 14.3. The maximum absolute atomic E-state index is 13.9. The summed E-state index contributed by atoms with van der Waals surface area (Å²) in [6.07, 6.45) is -6.14. The molecule has 0 bridgehead atoms. The molecule has 0 aliphatic heterocycles. The highest BCUT2D eigenvalue weighted by Gasteiger charge is 2.45. The van der Waals surface area contributed by atoms with E-state index in [-0.39, 0.29) is 16.9 Å². The Labute approximate surface area is 254 Å². The average Bonchev–Trinajstić information content (AvgIpc) is 3.39. The summed E-state index contributed by atoms with van der Waals surface area (Å²) in [4.78, 5) is 52.5. The van der Waals surface area contributed by atoms with E-state index in [1.54, 1.807) is 6.07 Å². The van der Waals surface area contributed by atoms with E-state index in [1.807, 2.05) is 0 Å². The van der Waals surface area contributed by atoms with Crippen LogP contribution in [0.2, 0.25) is 4.34 Å². The monoisotopic (exact) mass is 640 g/mol. The van der Waals surface area contributed by atoms with Gasteiger partial charge in [-0.3, -0.25) is 19.2 Å². The van der Waals surface area contributed by atoms with Gasteiger partial charge in [-0.2, -0.15) is 13.2 Å². The van der Waals surface area contributed by atoms with Crippen molar-refractivity contribution in [1.82, 2.24) is 10.6 Å². The molecule has 2 N–H and O–H groups in total. The summed E-state index contributed by atoms with van der Waals surface area (Å²) in [6.45, 7) is 2.79. The highest BCUT2D eigenvalue weighted by atomic mass is 35.5. The Morgan fingerprint density at radius 3 is 2.19 bits per heavy atom. The highest BCUT2D eigenvalue weighted by Crippen LogP contribution is 2.30. The van der Waals surface area contributed by atoms with Gasteiger partial charge < -0.3 is 15.4 Å². The number of benzene rings is 2. The number of nitrogens with one attached hydrogen (secondary N) is 2. The van der Waals surface area contributed by atoms with Gasteiger partial charge in [0.05, 0.1) is 16.3 Å². The van der Waals surface area contributed by atoms with Crippen LogP contribution in [0.4, 0.5) is 17.6 Å². The topological polar surface area (TPSA) is 102 Å². The normalized spacial score (nSPS) is 13.6. The second-order valence-electron chi connectivity index (χ2n) is 10.1. The van der Waals surface area contributed by atoms with Crippen molar-refractivity contribution in [3.63, 3.8) is 0 Å². The Balaban J connectivity index is 1.96. The fourth-order valence-electron chi connectivity index (χ4n) is 4.34. The summed E-state index contributed by atoms with van der Waals surface area (Å²) < 4.78 is 59.3. The molecule has 3 rings (SSSR count). The number of carbonyl (C=O) groups is 4. The van der Waals surface area contributed by atoms with Gasteiger partial charge in [-0.05, 0) is 53.4 Å². The van der Waals surface area contributed by atoms with Crippen molar-refractivity contribution in [2.45, 2.75) is 44.9 Å². The Morgan fingerprint density at radius 1 is 0.977 bits per heavy atom. The van der Waals surface area contributed by atoms with Gasteiger partial charge >= 0.3 is 6.18 Å². The van der Waals surface area contributed by atoms with Crippen molar-refractivity contribution in [1.29, 1.82) is 0 Å². The number of ether oxygens (including phenoxy) is 1. The third-order valence-corrected chi connectivity index (χ3v) is 7.88. The summed E-state index contributed by atoms with van der Waals surface area (Å²) in [5.41, 5.74) is 0.564. The number of ketones is 2. The van der Waals surface area contributed by atoms with Crippen LogP contribution in [0.5, 0.6) is 5.75 Å². The van der Waals surface area contributed by atoms with Gasteiger partial charge in [0.25, 0.3) is 5.91 Å². The second kappa shape index (κ2) is 14.6. The Kier molecular flexibility index (Phi) is 11.5. The number of hydrogen-bond donors (Lipinski definition) is 2. The molecule has 0 aliphatic carbocycles. The van der Waals surface area contributed by atoms with E-state index in [2.05, 4.69) is 10.6 Å². The van der Waals surface area contributed by atoms with Crippen LogP contribution >= 0.6 is 22.9 Å². The van der Waals surface area contributed by atoms with Gasteiger partial charge in [-0.15, -0.1) is 11.3 Å². The molecule has 0 saturated heterocycles. The molecule has 2 amide bonds. The van der Waals surface area contributed by atoms with Crippen molar-refractivity contribution in [3.8, 4) is 5.75 Å². The first-order chi connectivity index (χ1) is 20.2. The van der Waals surface area contributed by atoms with Crippen LogP contribution in [-0.2, 0) is 20.8 Å². The third kappa shape index (κ3) is 9.36. The number of alkyl halides is 3. The van der Waals surface area contributed by atoms with E-state index < -0.39 is 65.7 Å². The molecule has 0 unspecified atom stereocenters. The van der Waals surface area contributed by atoms with Crippen LogP contribution in [-0.4, -0.2) is 42.7 Å². The van der Waals surface area contributed by atoms with Crippen LogP contribution in [0.1, 0.15) is 47.1 Å². The molecule has 1 aromatic heterocycles. The molecule has 3 aromatic rings. The summed E-state index contributed by atoms with van der Waals surface area (Å²) >= 11 is 6.90. The molecule has 1 heterocycles. The molecule has 0 fully saturated rings. The molecule has 43 heavy (non-hydrogen) atoms. The molecular formula is C30H29ClF4N2O5S. The first kappa shape index (κ1) is 33.7. The first-order valence-electron chi connectivity index (χ1n) is 13.1. The maximum atomic E-state index is 13.9.